The van der Waals surface area contributed by atoms with Gasteiger partial charge in [-0.2, -0.15) is 0 Å². The van der Waals surface area contributed by atoms with Crippen LogP contribution in [0.25, 0.3) is 0 Å². The predicted molar refractivity (Wildman–Crippen MR) is 127 cm³/mol. The Bertz CT molecular complexity index is 997. The SMILES string of the molecule is Clc1cc(Cl)c(NNC(c2ccccc2)(c2ccccc2)c2ccccc2)c(Cl)c1. The number of rotatable bonds is 6. The second kappa shape index (κ2) is 9.11. The van der Waals surface area contributed by atoms with Gasteiger partial charge in [-0.1, -0.05) is 126 Å². The first kappa shape index (κ1) is 20.8. The van der Waals surface area contributed by atoms with Gasteiger partial charge >= 0.3 is 0 Å². The Morgan fingerprint density at radius 3 is 1.27 bits per heavy atom. The molecule has 0 amide bonds. The molecule has 0 fully saturated rings. The number of halogens is 3. The Balaban J connectivity index is 1.89. The summed E-state index contributed by atoms with van der Waals surface area (Å²) < 4.78 is 0. The fourth-order valence-corrected chi connectivity index (χ4v) is 4.51. The first-order chi connectivity index (χ1) is 14.6. The highest BCUT2D eigenvalue weighted by molar-refractivity contribution is 6.41. The zero-order chi connectivity index (χ0) is 21.0. The number of hydrazine groups is 1. The second-order valence-electron chi connectivity index (χ2n) is 6.84. The fourth-order valence-electron chi connectivity index (χ4n) is 3.60. The molecule has 150 valence electrons. The lowest BCUT2D eigenvalue weighted by atomic mass is 9.77. The van der Waals surface area contributed by atoms with Gasteiger partial charge in [-0.15, -0.1) is 0 Å². The molecule has 0 saturated carbocycles. The molecule has 0 atom stereocenters. The topological polar surface area (TPSA) is 24.1 Å². The maximum Gasteiger partial charge on any atom is 0.112 e. The van der Waals surface area contributed by atoms with Gasteiger partial charge in [0.25, 0.3) is 0 Å². The maximum absolute atomic E-state index is 6.43. The molecule has 2 N–H and O–H groups in total. The van der Waals surface area contributed by atoms with Crippen molar-refractivity contribution in [2.24, 2.45) is 0 Å². The van der Waals surface area contributed by atoms with E-state index in [1.54, 1.807) is 12.1 Å². The average molecular weight is 454 g/mol. The van der Waals surface area contributed by atoms with Gasteiger partial charge in [-0.3, -0.25) is 0 Å². The highest BCUT2D eigenvalue weighted by atomic mass is 35.5. The van der Waals surface area contributed by atoms with Crippen molar-refractivity contribution in [3.05, 3.63) is 135 Å². The Labute approximate surface area is 191 Å². The van der Waals surface area contributed by atoms with Crippen LogP contribution in [0.4, 0.5) is 5.69 Å². The van der Waals surface area contributed by atoms with Crippen molar-refractivity contribution in [2.75, 3.05) is 5.43 Å². The van der Waals surface area contributed by atoms with Crippen LogP contribution in [0.15, 0.2) is 103 Å². The van der Waals surface area contributed by atoms with Crippen molar-refractivity contribution in [1.82, 2.24) is 5.43 Å². The van der Waals surface area contributed by atoms with Crippen LogP contribution in [-0.2, 0) is 5.54 Å². The zero-order valence-electron chi connectivity index (χ0n) is 15.9. The van der Waals surface area contributed by atoms with Gasteiger partial charge in [-0.25, -0.2) is 5.43 Å². The first-order valence-corrected chi connectivity index (χ1v) is 10.6. The van der Waals surface area contributed by atoms with Gasteiger partial charge in [-0.05, 0) is 28.8 Å². The molecule has 0 saturated heterocycles. The van der Waals surface area contributed by atoms with Crippen LogP contribution in [0, 0.1) is 0 Å². The van der Waals surface area contributed by atoms with Crippen molar-refractivity contribution in [3.8, 4) is 0 Å². The van der Waals surface area contributed by atoms with Crippen LogP contribution in [0.2, 0.25) is 15.1 Å². The van der Waals surface area contributed by atoms with Gasteiger partial charge in [0.15, 0.2) is 0 Å². The van der Waals surface area contributed by atoms with Gasteiger partial charge in [0.1, 0.15) is 5.54 Å². The smallest absolute Gasteiger partial charge is 0.112 e. The summed E-state index contributed by atoms with van der Waals surface area (Å²) in [7, 11) is 0. The molecule has 4 aromatic rings. The van der Waals surface area contributed by atoms with E-state index in [1.807, 2.05) is 54.6 Å². The summed E-state index contributed by atoms with van der Waals surface area (Å²) in [5, 5.41) is 1.35. The van der Waals surface area contributed by atoms with Crippen molar-refractivity contribution in [2.45, 2.75) is 5.54 Å². The number of hydrogen-bond acceptors (Lipinski definition) is 2. The number of hydrogen-bond donors (Lipinski definition) is 2. The standard InChI is InChI=1S/C25H19Cl3N2/c26-21-16-22(27)24(23(28)17-21)29-30-25(18-10-4-1-5-11-18,19-12-6-2-7-13-19)20-14-8-3-9-15-20/h1-17,29-30H. The minimum absolute atomic E-state index is 0.433. The molecular formula is C25H19Cl3N2. The third-order valence-electron chi connectivity index (χ3n) is 5.00. The predicted octanol–water partition coefficient (Wildman–Crippen LogP) is 7.56. The molecule has 0 heterocycles. The van der Waals surface area contributed by atoms with Gasteiger partial charge in [0.2, 0.25) is 0 Å². The molecule has 0 aromatic heterocycles. The van der Waals surface area contributed by atoms with Crippen LogP contribution in [0.1, 0.15) is 16.7 Å². The molecular weight excluding hydrogens is 435 g/mol. The monoisotopic (exact) mass is 452 g/mol. The van der Waals surface area contributed by atoms with Crippen LogP contribution in [0.5, 0.6) is 0 Å². The summed E-state index contributed by atoms with van der Waals surface area (Å²) in [6.07, 6.45) is 0. The molecule has 0 aliphatic rings. The lowest BCUT2D eigenvalue weighted by Gasteiger charge is -2.37. The Hall–Kier alpha value is -2.49. The fraction of sp³-hybridized carbons (Fsp3) is 0.0400. The molecule has 0 spiro atoms. The van der Waals surface area contributed by atoms with E-state index in [0.717, 1.165) is 16.7 Å². The number of nitrogens with one attached hydrogen (secondary N) is 2. The van der Waals surface area contributed by atoms with E-state index in [9.17, 15) is 0 Å². The quantitative estimate of drug-likeness (QED) is 0.232. The van der Waals surface area contributed by atoms with Crippen molar-refractivity contribution < 1.29 is 0 Å². The molecule has 2 nitrogen and oxygen atoms in total. The minimum Gasteiger partial charge on any atom is -0.317 e. The summed E-state index contributed by atoms with van der Waals surface area (Å²) >= 11 is 18.9. The zero-order valence-corrected chi connectivity index (χ0v) is 18.2. The highest BCUT2D eigenvalue weighted by Gasteiger charge is 2.36. The van der Waals surface area contributed by atoms with Crippen LogP contribution < -0.4 is 10.9 Å². The Morgan fingerprint density at radius 2 is 0.900 bits per heavy atom. The van der Waals surface area contributed by atoms with Crippen molar-refractivity contribution >= 4 is 40.5 Å². The second-order valence-corrected chi connectivity index (χ2v) is 8.09. The summed E-state index contributed by atoms with van der Waals surface area (Å²) in [5.74, 6) is 0. The third kappa shape index (κ3) is 4.05. The van der Waals surface area contributed by atoms with E-state index in [-0.39, 0.29) is 0 Å². The van der Waals surface area contributed by atoms with E-state index < -0.39 is 5.54 Å². The average Bonchev–Trinajstić information content (AvgIpc) is 2.78. The third-order valence-corrected chi connectivity index (χ3v) is 5.82. The van der Waals surface area contributed by atoms with Crippen molar-refractivity contribution in [3.63, 3.8) is 0 Å². The number of benzene rings is 4. The lowest BCUT2D eigenvalue weighted by molar-refractivity contribution is 0.520. The van der Waals surface area contributed by atoms with Gasteiger partial charge in [0.05, 0.1) is 15.7 Å². The summed E-state index contributed by atoms with van der Waals surface area (Å²) in [6.45, 7) is 0. The summed E-state index contributed by atoms with van der Waals surface area (Å²) in [5.41, 5.74) is 9.87. The molecule has 30 heavy (non-hydrogen) atoms. The molecule has 5 heteroatoms. The summed E-state index contributed by atoms with van der Waals surface area (Å²) in [4.78, 5) is 0. The Morgan fingerprint density at radius 1 is 0.533 bits per heavy atom. The van der Waals surface area contributed by atoms with Gasteiger partial charge in [0, 0.05) is 5.02 Å². The van der Waals surface area contributed by atoms with E-state index in [4.69, 9.17) is 34.8 Å². The molecule has 0 bridgehead atoms. The molecule has 0 unspecified atom stereocenters. The molecule has 4 rings (SSSR count). The van der Waals surface area contributed by atoms with Crippen LogP contribution in [-0.4, -0.2) is 0 Å². The van der Waals surface area contributed by atoms with Crippen LogP contribution >= 0.6 is 34.8 Å². The van der Waals surface area contributed by atoms with E-state index in [0.29, 0.717) is 20.8 Å². The minimum atomic E-state index is -0.698. The largest absolute Gasteiger partial charge is 0.317 e. The van der Waals surface area contributed by atoms with E-state index in [2.05, 4.69) is 47.2 Å². The molecule has 0 aliphatic heterocycles. The highest BCUT2D eigenvalue weighted by Crippen LogP contribution is 2.38. The molecule has 0 radical (unpaired) electrons. The van der Waals surface area contributed by atoms with E-state index in [1.165, 1.54) is 0 Å². The first-order valence-electron chi connectivity index (χ1n) is 9.45. The molecule has 0 aliphatic carbocycles. The number of anilines is 1. The maximum atomic E-state index is 6.43. The Kier molecular flexibility index (Phi) is 6.31. The van der Waals surface area contributed by atoms with Gasteiger partial charge < -0.3 is 5.43 Å². The van der Waals surface area contributed by atoms with E-state index >= 15 is 0 Å². The molecule has 4 aromatic carbocycles. The normalized spacial score (nSPS) is 11.3. The lowest BCUT2D eigenvalue weighted by Crippen LogP contribution is -2.47. The summed E-state index contributed by atoms with van der Waals surface area (Å²) in [6, 6.07) is 34.1. The van der Waals surface area contributed by atoms with Crippen LogP contribution in [0.3, 0.4) is 0 Å². The van der Waals surface area contributed by atoms with Crippen molar-refractivity contribution in [1.29, 1.82) is 0 Å².